The lowest BCUT2D eigenvalue weighted by Gasteiger charge is -2.31. The van der Waals surface area contributed by atoms with Crippen LogP contribution in [0, 0.1) is 6.92 Å². The van der Waals surface area contributed by atoms with E-state index in [-0.39, 0.29) is 5.41 Å². The minimum absolute atomic E-state index is 0.387. The van der Waals surface area contributed by atoms with E-state index in [2.05, 4.69) is 182 Å². The van der Waals surface area contributed by atoms with Crippen LogP contribution in [-0.2, 0) is 5.41 Å². The SMILES string of the molecule is Cc1cccc(N(c2ccccc2)c2ccc3cc4c(cc3c2)C2(c3ccccc3-c3ccccc32)c2cc3ccccc3cc2-4)c1. The maximum Gasteiger partial charge on any atom is 0.0725 e. The highest BCUT2D eigenvalue weighted by Gasteiger charge is 2.51. The molecule has 0 aromatic heterocycles. The minimum atomic E-state index is -0.387. The molecule has 0 aliphatic heterocycles. The number of anilines is 3. The lowest BCUT2D eigenvalue weighted by atomic mass is 9.70. The molecule has 8 aromatic rings. The van der Waals surface area contributed by atoms with Gasteiger partial charge in [-0.1, -0.05) is 109 Å². The summed E-state index contributed by atoms with van der Waals surface area (Å²) in [5.74, 6) is 0. The zero-order valence-electron chi connectivity index (χ0n) is 26.1. The summed E-state index contributed by atoms with van der Waals surface area (Å²) >= 11 is 0. The Morgan fingerprint density at radius 2 is 0.872 bits per heavy atom. The number of fused-ring (bicyclic) bond motifs is 12. The van der Waals surface area contributed by atoms with Gasteiger partial charge in [0.1, 0.15) is 0 Å². The Labute approximate surface area is 275 Å². The normalized spacial score (nSPS) is 13.4. The molecule has 0 unspecified atom stereocenters. The highest BCUT2D eigenvalue weighted by Crippen LogP contribution is 2.63. The number of nitrogens with zero attached hydrogens (tertiary/aromatic N) is 1. The summed E-state index contributed by atoms with van der Waals surface area (Å²) in [4.78, 5) is 2.37. The van der Waals surface area contributed by atoms with Crippen molar-refractivity contribution in [3.8, 4) is 22.3 Å². The Bertz CT molecular complexity index is 2500. The third kappa shape index (κ3) is 3.66. The van der Waals surface area contributed by atoms with Gasteiger partial charge < -0.3 is 4.90 Å². The van der Waals surface area contributed by atoms with Crippen molar-refractivity contribution >= 4 is 38.6 Å². The van der Waals surface area contributed by atoms with Crippen molar-refractivity contribution in [3.05, 3.63) is 198 Å². The second-order valence-corrected chi connectivity index (χ2v) is 13.0. The number of aryl methyl sites for hydroxylation is 1. The van der Waals surface area contributed by atoms with E-state index in [0.717, 1.165) is 17.1 Å². The first-order chi connectivity index (χ1) is 23.2. The van der Waals surface area contributed by atoms with Crippen molar-refractivity contribution in [2.24, 2.45) is 0 Å². The molecule has 2 aliphatic rings. The molecule has 0 radical (unpaired) electrons. The zero-order valence-corrected chi connectivity index (χ0v) is 26.1. The minimum Gasteiger partial charge on any atom is -0.310 e. The van der Waals surface area contributed by atoms with E-state index in [1.807, 2.05) is 0 Å². The summed E-state index contributed by atoms with van der Waals surface area (Å²) in [5, 5.41) is 5.05. The van der Waals surface area contributed by atoms with Crippen LogP contribution in [0.5, 0.6) is 0 Å². The molecule has 0 amide bonds. The number of rotatable bonds is 3. The van der Waals surface area contributed by atoms with Gasteiger partial charge in [0.2, 0.25) is 0 Å². The highest BCUT2D eigenvalue weighted by molar-refractivity contribution is 6.04. The topological polar surface area (TPSA) is 3.24 Å². The van der Waals surface area contributed by atoms with E-state index in [4.69, 9.17) is 0 Å². The van der Waals surface area contributed by atoms with Crippen molar-refractivity contribution in [2.45, 2.75) is 12.3 Å². The van der Waals surface area contributed by atoms with Gasteiger partial charge in [-0.15, -0.1) is 0 Å². The van der Waals surface area contributed by atoms with Crippen LogP contribution in [0.4, 0.5) is 17.1 Å². The predicted molar refractivity (Wildman–Crippen MR) is 197 cm³/mol. The summed E-state index contributed by atoms with van der Waals surface area (Å²) in [6.07, 6.45) is 0. The van der Waals surface area contributed by atoms with Gasteiger partial charge in [0.15, 0.2) is 0 Å². The predicted octanol–water partition coefficient (Wildman–Crippen LogP) is 12.1. The molecule has 0 bridgehead atoms. The average Bonchev–Trinajstić information content (AvgIpc) is 3.56. The van der Waals surface area contributed by atoms with E-state index in [9.17, 15) is 0 Å². The van der Waals surface area contributed by atoms with Crippen LogP contribution in [0.1, 0.15) is 27.8 Å². The molecule has 0 heterocycles. The monoisotopic (exact) mass is 597 g/mol. The molecule has 10 rings (SSSR count). The van der Waals surface area contributed by atoms with E-state index < -0.39 is 0 Å². The zero-order chi connectivity index (χ0) is 31.1. The van der Waals surface area contributed by atoms with Crippen LogP contribution in [-0.4, -0.2) is 0 Å². The number of hydrogen-bond acceptors (Lipinski definition) is 1. The van der Waals surface area contributed by atoms with Crippen molar-refractivity contribution in [3.63, 3.8) is 0 Å². The molecular formula is C46H31N. The summed E-state index contributed by atoms with van der Waals surface area (Å²) in [7, 11) is 0. The Morgan fingerprint density at radius 1 is 0.340 bits per heavy atom. The Kier molecular flexibility index (Phi) is 5.48. The van der Waals surface area contributed by atoms with Crippen molar-refractivity contribution in [1.82, 2.24) is 0 Å². The first-order valence-corrected chi connectivity index (χ1v) is 16.4. The number of hydrogen-bond donors (Lipinski definition) is 0. The van der Waals surface area contributed by atoms with Crippen LogP contribution in [0.25, 0.3) is 43.8 Å². The van der Waals surface area contributed by atoms with Gasteiger partial charge in [-0.05, 0) is 139 Å². The summed E-state index contributed by atoms with van der Waals surface area (Å²) in [6, 6.07) is 63.2. The van der Waals surface area contributed by atoms with Crippen LogP contribution >= 0.6 is 0 Å². The number of para-hydroxylation sites is 1. The van der Waals surface area contributed by atoms with Gasteiger partial charge >= 0.3 is 0 Å². The van der Waals surface area contributed by atoms with Crippen molar-refractivity contribution < 1.29 is 0 Å². The molecule has 0 saturated carbocycles. The molecule has 0 fully saturated rings. The molecule has 1 heteroatoms. The number of benzene rings is 8. The molecule has 1 nitrogen and oxygen atoms in total. The third-order valence-electron chi connectivity index (χ3n) is 10.4. The van der Waals surface area contributed by atoms with Gasteiger partial charge in [0, 0.05) is 17.1 Å². The average molecular weight is 598 g/mol. The fourth-order valence-electron chi connectivity index (χ4n) is 8.48. The maximum atomic E-state index is 2.50. The van der Waals surface area contributed by atoms with E-state index in [1.165, 1.54) is 71.6 Å². The molecule has 0 atom stereocenters. The van der Waals surface area contributed by atoms with Gasteiger partial charge in [-0.3, -0.25) is 0 Å². The molecule has 47 heavy (non-hydrogen) atoms. The molecule has 0 saturated heterocycles. The molecule has 8 aromatic carbocycles. The van der Waals surface area contributed by atoms with Crippen molar-refractivity contribution in [2.75, 3.05) is 4.90 Å². The third-order valence-corrected chi connectivity index (χ3v) is 10.4. The fraction of sp³-hybridized carbons (Fsp3) is 0.0435. The Morgan fingerprint density at radius 3 is 1.55 bits per heavy atom. The van der Waals surface area contributed by atoms with E-state index in [0.29, 0.717) is 0 Å². The lowest BCUT2D eigenvalue weighted by molar-refractivity contribution is 0.796. The molecule has 1 spiro atoms. The van der Waals surface area contributed by atoms with Gasteiger partial charge in [0.25, 0.3) is 0 Å². The van der Waals surface area contributed by atoms with E-state index in [1.54, 1.807) is 0 Å². The largest absolute Gasteiger partial charge is 0.310 e. The lowest BCUT2D eigenvalue weighted by Crippen LogP contribution is -2.25. The quantitative estimate of drug-likeness (QED) is 0.196. The molecule has 0 N–H and O–H groups in total. The summed E-state index contributed by atoms with van der Waals surface area (Å²) < 4.78 is 0. The van der Waals surface area contributed by atoms with Crippen LogP contribution in [0.15, 0.2) is 170 Å². The molecular weight excluding hydrogens is 567 g/mol. The molecule has 2 aliphatic carbocycles. The van der Waals surface area contributed by atoms with Crippen molar-refractivity contribution in [1.29, 1.82) is 0 Å². The fourth-order valence-corrected chi connectivity index (χ4v) is 8.48. The van der Waals surface area contributed by atoms with Gasteiger partial charge in [-0.2, -0.15) is 0 Å². The van der Waals surface area contributed by atoms with Crippen LogP contribution in [0.2, 0.25) is 0 Å². The molecule has 220 valence electrons. The second kappa shape index (κ2) is 9.79. The van der Waals surface area contributed by atoms with Gasteiger partial charge in [0.05, 0.1) is 5.41 Å². The standard InChI is InChI=1S/C46H31N/c1-30-12-11-17-36(24-30)47(35-15-3-2-4-16-35)37-23-22-33-27-41-40-26-31-13-5-6-14-32(31)28-44(40)46(45(41)29-34(33)25-37)42-20-9-7-18-38(42)39-19-8-10-21-43(39)46/h2-29H,1H3. The Hall–Kier alpha value is -5.92. The van der Waals surface area contributed by atoms with E-state index >= 15 is 0 Å². The summed E-state index contributed by atoms with van der Waals surface area (Å²) in [5.41, 5.74) is 15.1. The second-order valence-electron chi connectivity index (χ2n) is 13.0. The van der Waals surface area contributed by atoms with Crippen LogP contribution in [0.3, 0.4) is 0 Å². The van der Waals surface area contributed by atoms with Gasteiger partial charge in [-0.25, -0.2) is 0 Å². The smallest absolute Gasteiger partial charge is 0.0725 e. The first kappa shape index (κ1) is 26.3. The Balaban J connectivity index is 1.28. The highest BCUT2D eigenvalue weighted by atomic mass is 15.1. The summed E-state index contributed by atoms with van der Waals surface area (Å²) in [6.45, 7) is 2.16. The van der Waals surface area contributed by atoms with Crippen LogP contribution < -0.4 is 4.90 Å². The first-order valence-electron chi connectivity index (χ1n) is 16.4. The maximum absolute atomic E-state index is 2.50.